The van der Waals surface area contributed by atoms with Gasteiger partial charge in [-0.1, -0.05) is 12.8 Å². The molecule has 3 fully saturated rings. The van der Waals surface area contributed by atoms with Crippen molar-refractivity contribution in [3.05, 3.63) is 0 Å². The van der Waals surface area contributed by atoms with E-state index >= 15 is 0 Å². The fourth-order valence-electron chi connectivity index (χ4n) is 3.63. The minimum Gasteiger partial charge on any atom is -0.324 e. The summed E-state index contributed by atoms with van der Waals surface area (Å²) in [5, 5.41) is 0. The summed E-state index contributed by atoms with van der Waals surface area (Å²) in [5.41, 5.74) is 6.80. The molecule has 0 aromatic rings. The molecule has 2 heteroatoms. The molecule has 0 bridgehead atoms. The van der Waals surface area contributed by atoms with E-state index in [-0.39, 0.29) is 5.54 Å². The van der Waals surface area contributed by atoms with Crippen LogP contribution < -0.4 is 5.73 Å². The summed E-state index contributed by atoms with van der Waals surface area (Å²) in [7, 11) is 0. The summed E-state index contributed by atoms with van der Waals surface area (Å²) in [5.74, 6) is 1.86. The molecule has 15 heavy (non-hydrogen) atoms. The van der Waals surface area contributed by atoms with Gasteiger partial charge in [-0.2, -0.15) is 0 Å². The second-order valence-corrected chi connectivity index (χ2v) is 6.14. The van der Waals surface area contributed by atoms with Crippen LogP contribution in [0.5, 0.6) is 0 Å². The number of nitrogens with zero attached hydrogens (tertiary/aromatic N) is 1. The van der Waals surface area contributed by atoms with Gasteiger partial charge in [0.2, 0.25) is 0 Å². The molecule has 0 spiro atoms. The fourth-order valence-corrected chi connectivity index (χ4v) is 3.63. The SMILES string of the molecule is NC12CCCCC1CCN(CC1CC1)C2. The van der Waals surface area contributed by atoms with Gasteiger partial charge >= 0.3 is 0 Å². The molecule has 2 nitrogen and oxygen atoms in total. The van der Waals surface area contributed by atoms with Crippen molar-refractivity contribution < 1.29 is 0 Å². The van der Waals surface area contributed by atoms with E-state index in [2.05, 4.69) is 4.90 Å². The Labute approximate surface area is 93.2 Å². The second kappa shape index (κ2) is 3.74. The summed E-state index contributed by atoms with van der Waals surface area (Å²) in [4.78, 5) is 2.65. The molecule has 1 aliphatic heterocycles. The second-order valence-electron chi connectivity index (χ2n) is 6.14. The van der Waals surface area contributed by atoms with E-state index in [9.17, 15) is 0 Å². The van der Waals surface area contributed by atoms with Gasteiger partial charge in [-0.25, -0.2) is 0 Å². The summed E-state index contributed by atoms with van der Waals surface area (Å²) in [6, 6.07) is 0. The monoisotopic (exact) mass is 208 g/mol. The fraction of sp³-hybridized carbons (Fsp3) is 1.00. The molecular formula is C13H24N2. The number of hydrogen-bond acceptors (Lipinski definition) is 2. The average Bonchev–Trinajstić information content (AvgIpc) is 3.00. The van der Waals surface area contributed by atoms with Crippen LogP contribution in [0.2, 0.25) is 0 Å². The molecule has 1 heterocycles. The van der Waals surface area contributed by atoms with E-state index in [0.717, 1.165) is 11.8 Å². The molecule has 2 atom stereocenters. The van der Waals surface area contributed by atoms with Gasteiger partial charge in [0.15, 0.2) is 0 Å². The highest BCUT2D eigenvalue weighted by Crippen LogP contribution is 2.39. The normalized spacial score (nSPS) is 42.6. The largest absolute Gasteiger partial charge is 0.324 e. The van der Waals surface area contributed by atoms with Crippen LogP contribution in [0.25, 0.3) is 0 Å². The van der Waals surface area contributed by atoms with E-state index < -0.39 is 0 Å². The molecule has 3 aliphatic rings. The molecule has 1 saturated heterocycles. The number of likely N-dealkylation sites (tertiary alicyclic amines) is 1. The number of rotatable bonds is 2. The highest BCUT2D eigenvalue weighted by atomic mass is 15.2. The van der Waals surface area contributed by atoms with Crippen LogP contribution in [0.4, 0.5) is 0 Å². The first-order chi connectivity index (χ1) is 7.26. The standard InChI is InChI=1S/C13H24N2/c14-13-7-2-1-3-12(13)6-8-15(10-13)9-11-4-5-11/h11-12H,1-10,14H2. The average molecular weight is 208 g/mol. The van der Waals surface area contributed by atoms with Crippen molar-refractivity contribution in [3.63, 3.8) is 0 Å². The number of fused-ring (bicyclic) bond motifs is 1. The van der Waals surface area contributed by atoms with Gasteiger partial charge in [-0.15, -0.1) is 0 Å². The molecule has 2 saturated carbocycles. The zero-order chi connectivity index (χ0) is 10.3. The van der Waals surface area contributed by atoms with Gasteiger partial charge in [-0.3, -0.25) is 0 Å². The molecule has 0 aromatic carbocycles. The van der Waals surface area contributed by atoms with Crippen molar-refractivity contribution in [2.24, 2.45) is 17.6 Å². The van der Waals surface area contributed by atoms with Crippen LogP contribution in [0.1, 0.15) is 44.9 Å². The van der Waals surface area contributed by atoms with Crippen LogP contribution in [0.15, 0.2) is 0 Å². The van der Waals surface area contributed by atoms with Crippen LogP contribution in [0, 0.1) is 11.8 Å². The molecule has 3 rings (SSSR count). The Morgan fingerprint density at radius 2 is 2.00 bits per heavy atom. The predicted octanol–water partition coefficient (Wildman–Crippen LogP) is 1.99. The summed E-state index contributed by atoms with van der Waals surface area (Å²) < 4.78 is 0. The number of piperidine rings is 1. The molecule has 2 aliphatic carbocycles. The van der Waals surface area contributed by atoms with E-state index in [1.165, 1.54) is 64.6 Å². The summed E-state index contributed by atoms with van der Waals surface area (Å²) in [6.07, 6.45) is 9.77. The lowest BCUT2D eigenvalue weighted by Crippen LogP contribution is -2.61. The minimum atomic E-state index is 0.186. The van der Waals surface area contributed by atoms with Crippen molar-refractivity contribution in [1.29, 1.82) is 0 Å². The summed E-state index contributed by atoms with van der Waals surface area (Å²) >= 11 is 0. The van der Waals surface area contributed by atoms with Crippen LogP contribution in [-0.2, 0) is 0 Å². The Morgan fingerprint density at radius 3 is 2.80 bits per heavy atom. The number of hydrogen-bond donors (Lipinski definition) is 1. The third kappa shape index (κ3) is 2.07. The molecule has 2 N–H and O–H groups in total. The first-order valence-electron chi connectivity index (χ1n) is 6.77. The Bertz CT molecular complexity index is 237. The van der Waals surface area contributed by atoms with Gasteiger partial charge in [-0.05, 0) is 50.5 Å². The van der Waals surface area contributed by atoms with Crippen LogP contribution in [0.3, 0.4) is 0 Å². The van der Waals surface area contributed by atoms with Gasteiger partial charge in [0.25, 0.3) is 0 Å². The van der Waals surface area contributed by atoms with Crippen molar-refractivity contribution in [3.8, 4) is 0 Å². The molecule has 0 aromatic heterocycles. The van der Waals surface area contributed by atoms with Crippen LogP contribution in [-0.4, -0.2) is 30.1 Å². The maximum atomic E-state index is 6.61. The first-order valence-corrected chi connectivity index (χ1v) is 6.77. The lowest BCUT2D eigenvalue weighted by atomic mass is 9.69. The smallest absolute Gasteiger partial charge is 0.0312 e. The zero-order valence-electron chi connectivity index (χ0n) is 9.75. The van der Waals surface area contributed by atoms with Crippen LogP contribution >= 0.6 is 0 Å². The third-order valence-corrected chi connectivity index (χ3v) is 4.78. The van der Waals surface area contributed by atoms with Crippen molar-refractivity contribution in [2.75, 3.05) is 19.6 Å². The molecule has 0 amide bonds. The van der Waals surface area contributed by atoms with Crippen molar-refractivity contribution in [2.45, 2.75) is 50.5 Å². The zero-order valence-corrected chi connectivity index (χ0v) is 9.75. The maximum Gasteiger partial charge on any atom is 0.0312 e. The lowest BCUT2D eigenvalue weighted by molar-refractivity contribution is 0.0574. The molecular weight excluding hydrogens is 184 g/mol. The maximum absolute atomic E-state index is 6.61. The van der Waals surface area contributed by atoms with Crippen molar-refractivity contribution in [1.82, 2.24) is 4.90 Å². The van der Waals surface area contributed by atoms with Crippen molar-refractivity contribution >= 4 is 0 Å². The minimum absolute atomic E-state index is 0.186. The third-order valence-electron chi connectivity index (χ3n) is 4.78. The number of nitrogens with two attached hydrogens (primary N) is 1. The quantitative estimate of drug-likeness (QED) is 0.752. The summed E-state index contributed by atoms with van der Waals surface area (Å²) in [6.45, 7) is 3.85. The lowest BCUT2D eigenvalue weighted by Gasteiger charge is -2.49. The topological polar surface area (TPSA) is 29.3 Å². The van der Waals surface area contributed by atoms with Gasteiger partial charge in [0.05, 0.1) is 0 Å². The highest BCUT2D eigenvalue weighted by molar-refractivity contribution is 5.00. The molecule has 86 valence electrons. The van der Waals surface area contributed by atoms with Gasteiger partial charge in [0.1, 0.15) is 0 Å². The van der Waals surface area contributed by atoms with E-state index in [0.29, 0.717) is 0 Å². The van der Waals surface area contributed by atoms with E-state index in [1.54, 1.807) is 0 Å². The molecule has 0 radical (unpaired) electrons. The predicted molar refractivity (Wildman–Crippen MR) is 62.7 cm³/mol. The van der Waals surface area contributed by atoms with E-state index in [4.69, 9.17) is 5.73 Å². The molecule has 2 unspecified atom stereocenters. The van der Waals surface area contributed by atoms with Gasteiger partial charge < -0.3 is 10.6 Å². The Morgan fingerprint density at radius 1 is 1.13 bits per heavy atom. The van der Waals surface area contributed by atoms with E-state index in [1.807, 2.05) is 0 Å². The highest BCUT2D eigenvalue weighted by Gasteiger charge is 2.42. The Balaban J connectivity index is 1.62. The Hall–Kier alpha value is -0.0800. The van der Waals surface area contributed by atoms with Gasteiger partial charge in [0, 0.05) is 18.6 Å². The first kappa shape index (κ1) is 10.1. The Kier molecular flexibility index (Phi) is 2.52.